The molecule has 6 nitrogen and oxygen atoms in total. The van der Waals surface area contributed by atoms with Crippen LogP contribution in [0.25, 0.3) is 0 Å². The maximum absolute atomic E-state index is 12.5. The van der Waals surface area contributed by atoms with Crippen LogP contribution in [0.4, 0.5) is 5.69 Å². The Kier molecular flexibility index (Phi) is 4.60. The van der Waals surface area contributed by atoms with Gasteiger partial charge in [0.1, 0.15) is 5.75 Å². The molecule has 2 aromatic carbocycles. The molecule has 0 fully saturated rings. The summed E-state index contributed by atoms with van der Waals surface area (Å²) in [6.45, 7) is 3.49. The van der Waals surface area contributed by atoms with E-state index in [-0.39, 0.29) is 10.5 Å². The average molecular weight is 335 g/mol. The number of hydrogen-bond acceptors (Lipinski definition) is 4. The minimum atomic E-state index is -3.78. The first-order valence-corrected chi connectivity index (χ1v) is 8.25. The minimum Gasteiger partial charge on any atom is -0.496 e. The highest BCUT2D eigenvalue weighted by atomic mass is 32.2. The molecular weight excluding hydrogens is 318 g/mol. The molecule has 2 rings (SSSR count). The minimum absolute atomic E-state index is 0.0874. The van der Waals surface area contributed by atoms with Gasteiger partial charge in [0.25, 0.3) is 10.0 Å². The summed E-state index contributed by atoms with van der Waals surface area (Å²) in [4.78, 5) is 11.0. The molecule has 2 N–H and O–H groups in total. The van der Waals surface area contributed by atoms with Gasteiger partial charge in [-0.1, -0.05) is 0 Å². The number of carboxylic acid groups (broad SMARTS) is 1. The van der Waals surface area contributed by atoms with Gasteiger partial charge in [-0.25, -0.2) is 13.2 Å². The smallest absolute Gasteiger partial charge is 0.335 e. The summed E-state index contributed by atoms with van der Waals surface area (Å²) in [6.07, 6.45) is 0. The van der Waals surface area contributed by atoms with Gasteiger partial charge in [-0.05, 0) is 61.4 Å². The molecule has 0 radical (unpaired) electrons. The molecule has 0 saturated heterocycles. The molecule has 0 amide bonds. The third-order valence-corrected chi connectivity index (χ3v) is 5.11. The Morgan fingerprint density at radius 1 is 1.04 bits per heavy atom. The van der Waals surface area contributed by atoms with E-state index in [4.69, 9.17) is 9.84 Å². The lowest BCUT2D eigenvalue weighted by atomic mass is 10.1. The van der Waals surface area contributed by atoms with Crippen molar-refractivity contribution >= 4 is 21.7 Å². The van der Waals surface area contributed by atoms with Crippen molar-refractivity contribution in [2.24, 2.45) is 0 Å². The quantitative estimate of drug-likeness (QED) is 0.876. The van der Waals surface area contributed by atoms with E-state index >= 15 is 0 Å². The Labute approximate surface area is 134 Å². The van der Waals surface area contributed by atoms with Crippen molar-refractivity contribution in [1.29, 1.82) is 0 Å². The van der Waals surface area contributed by atoms with E-state index in [1.54, 1.807) is 19.9 Å². The van der Waals surface area contributed by atoms with Crippen molar-refractivity contribution < 1.29 is 23.1 Å². The number of aromatic carboxylic acids is 1. The van der Waals surface area contributed by atoms with Gasteiger partial charge in [0.2, 0.25) is 0 Å². The van der Waals surface area contributed by atoms with E-state index in [2.05, 4.69) is 4.72 Å². The molecule has 0 bridgehead atoms. The molecular formula is C16H17NO5S. The molecule has 0 spiro atoms. The second-order valence-corrected chi connectivity index (χ2v) is 6.65. The standard InChI is InChI=1S/C16H17NO5S/c1-10-11(2)15(9-8-14(10)22-3)23(20,21)17-13-6-4-12(5-7-13)16(18)19/h4-9,17H,1-3H3,(H,18,19). The van der Waals surface area contributed by atoms with Crippen molar-refractivity contribution in [3.05, 3.63) is 53.1 Å². The Hall–Kier alpha value is -2.54. The summed E-state index contributed by atoms with van der Waals surface area (Å²) in [7, 11) is -2.25. The van der Waals surface area contributed by atoms with Crippen LogP contribution in [0.1, 0.15) is 21.5 Å². The topological polar surface area (TPSA) is 92.7 Å². The van der Waals surface area contributed by atoms with Crippen LogP contribution in [0.15, 0.2) is 41.3 Å². The third-order valence-electron chi connectivity index (χ3n) is 3.58. The average Bonchev–Trinajstić information content (AvgIpc) is 2.49. The highest BCUT2D eigenvalue weighted by Gasteiger charge is 2.19. The second-order valence-electron chi connectivity index (χ2n) is 5.00. The van der Waals surface area contributed by atoms with E-state index < -0.39 is 16.0 Å². The summed E-state index contributed by atoms with van der Waals surface area (Å²) in [6, 6.07) is 8.58. The lowest BCUT2D eigenvalue weighted by Crippen LogP contribution is -2.15. The van der Waals surface area contributed by atoms with Crippen LogP contribution >= 0.6 is 0 Å². The number of carbonyl (C=O) groups is 1. The van der Waals surface area contributed by atoms with Gasteiger partial charge in [-0.3, -0.25) is 4.72 Å². The predicted octanol–water partition coefficient (Wildman–Crippen LogP) is 2.81. The fourth-order valence-corrected chi connectivity index (χ4v) is 3.53. The van der Waals surface area contributed by atoms with Crippen LogP contribution in [-0.4, -0.2) is 26.6 Å². The summed E-state index contributed by atoms with van der Waals surface area (Å²) in [5, 5.41) is 8.85. The molecule has 2 aromatic rings. The number of sulfonamides is 1. The van der Waals surface area contributed by atoms with Gasteiger partial charge in [0.05, 0.1) is 17.6 Å². The molecule has 0 atom stereocenters. The van der Waals surface area contributed by atoms with Gasteiger partial charge in [-0.15, -0.1) is 0 Å². The molecule has 0 unspecified atom stereocenters. The number of methoxy groups -OCH3 is 1. The lowest BCUT2D eigenvalue weighted by Gasteiger charge is -2.14. The van der Waals surface area contributed by atoms with Crippen molar-refractivity contribution in [3.63, 3.8) is 0 Å². The van der Waals surface area contributed by atoms with Crippen LogP contribution in [0.5, 0.6) is 5.75 Å². The first-order chi connectivity index (χ1) is 10.8. The number of hydrogen-bond donors (Lipinski definition) is 2. The van der Waals surface area contributed by atoms with Crippen molar-refractivity contribution in [2.75, 3.05) is 11.8 Å². The molecule has 0 aliphatic rings. The van der Waals surface area contributed by atoms with Gasteiger partial charge in [0.15, 0.2) is 0 Å². The number of nitrogens with one attached hydrogen (secondary N) is 1. The molecule has 0 aliphatic heterocycles. The zero-order valence-electron chi connectivity index (χ0n) is 13.0. The van der Waals surface area contributed by atoms with E-state index in [1.807, 2.05) is 0 Å². The van der Waals surface area contributed by atoms with E-state index in [1.165, 1.54) is 37.4 Å². The summed E-state index contributed by atoms with van der Waals surface area (Å²) >= 11 is 0. The number of benzene rings is 2. The number of carboxylic acids is 1. The maximum Gasteiger partial charge on any atom is 0.335 e. The van der Waals surface area contributed by atoms with Crippen LogP contribution in [-0.2, 0) is 10.0 Å². The van der Waals surface area contributed by atoms with Gasteiger partial charge in [-0.2, -0.15) is 0 Å². The third kappa shape index (κ3) is 3.45. The van der Waals surface area contributed by atoms with Crippen LogP contribution in [0, 0.1) is 13.8 Å². The number of anilines is 1. The Balaban J connectivity index is 2.36. The Morgan fingerprint density at radius 3 is 2.17 bits per heavy atom. The fraction of sp³-hybridized carbons (Fsp3) is 0.188. The molecule has 122 valence electrons. The fourth-order valence-electron chi connectivity index (χ4n) is 2.17. The predicted molar refractivity (Wildman–Crippen MR) is 86.7 cm³/mol. The molecule has 7 heteroatoms. The van der Waals surface area contributed by atoms with Crippen molar-refractivity contribution in [1.82, 2.24) is 0 Å². The second kappa shape index (κ2) is 6.29. The highest BCUT2D eigenvalue weighted by molar-refractivity contribution is 7.92. The molecule has 0 heterocycles. The molecule has 0 saturated carbocycles. The molecule has 0 aromatic heterocycles. The van der Waals surface area contributed by atoms with Crippen molar-refractivity contribution in [2.45, 2.75) is 18.7 Å². The van der Waals surface area contributed by atoms with Crippen LogP contribution < -0.4 is 9.46 Å². The lowest BCUT2D eigenvalue weighted by molar-refractivity contribution is 0.0697. The molecule has 23 heavy (non-hydrogen) atoms. The summed E-state index contributed by atoms with van der Waals surface area (Å²) in [5.74, 6) is -0.451. The van der Waals surface area contributed by atoms with Crippen LogP contribution in [0.2, 0.25) is 0 Å². The highest BCUT2D eigenvalue weighted by Crippen LogP contribution is 2.28. The summed E-state index contributed by atoms with van der Waals surface area (Å²) in [5.41, 5.74) is 1.72. The van der Waals surface area contributed by atoms with Crippen molar-refractivity contribution in [3.8, 4) is 5.75 Å². The molecule has 0 aliphatic carbocycles. The Morgan fingerprint density at radius 2 is 1.65 bits per heavy atom. The monoisotopic (exact) mass is 335 g/mol. The first kappa shape index (κ1) is 16.8. The Bertz CT molecular complexity index is 842. The van der Waals surface area contributed by atoms with E-state index in [0.29, 0.717) is 17.0 Å². The normalized spacial score (nSPS) is 11.1. The number of rotatable bonds is 5. The van der Waals surface area contributed by atoms with E-state index in [0.717, 1.165) is 5.56 Å². The maximum atomic E-state index is 12.5. The van der Waals surface area contributed by atoms with E-state index in [9.17, 15) is 13.2 Å². The van der Waals surface area contributed by atoms with Gasteiger partial charge in [0, 0.05) is 5.69 Å². The van der Waals surface area contributed by atoms with Gasteiger partial charge >= 0.3 is 5.97 Å². The van der Waals surface area contributed by atoms with Gasteiger partial charge < -0.3 is 9.84 Å². The first-order valence-electron chi connectivity index (χ1n) is 6.76. The zero-order valence-corrected chi connectivity index (χ0v) is 13.8. The zero-order chi connectivity index (χ0) is 17.2. The summed E-state index contributed by atoms with van der Waals surface area (Å²) < 4.78 is 32.7. The largest absolute Gasteiger partial charge is 0.496 e. The number of ether oxygens (including phenoxy) is 1. The SMILES string of the molecule is COc1ccc(S(=O)(=O)Nc2ccc(C(=O)O)cc2)c(C)c1C. The van der Waals surface area contributed by atoms with Crippen LogP contribution in [0.3, 0.4) is 0 Å².